The second-order valence-electron chi connectivity index (χ2n) is 8.64. The van der Waals surface area contributed by atoms with Gasteiger partial charge >= 0.3 is 6.16 Å². The molecule has 0 atom stereocenters. The van der Waals surface area contributed by atoms with Gasteiger partial charge in [-0.3, -0.25) is 0 Å². The topological polar surface area (TPSA) is 80.4 Å². The van der Waals surface area contributed by atoms with Crippen LogP contribution in [0, 0.1) is 0 Å². The Kier molecular flexibility index (Phi) is 5.77. The third-order valence-electron chi connectivity index (χ3n) is 6.53. The highest BCUT2D eigenvalue weighted by Crippen LogP contribution is 2.45. The van der Waals surface area contributed by atoms with E-state index >= 15 is 0 Å². The Labute approximate surface area is 216 Å². The van der Waals surface area contributed by atoms with Crippen molar-refractivity contribution in [3.8, 4) is 22.8 Å². The van der Waals surface area contributed by atoms with E-state index in [0.717, 1.165) is 55.4 Å². The number of hydrogen-bond acceptors (Lipinski definition) is 7. The number of ether oxygens (including phenoxy) is 3. The second kappa shape index (κ2) is 9.25. The van der Waals surface area contributed by atoms with Crippen molar-refractivity contribution in [1.29, 1.82) is 0 Å². The molecule has 0 N–H and O–H groups in total. The zero-order chi connectivity index (χ0) is 25.5. The van der Waals surface area contributed by atoms with Crippen LogP contribution in [0.1, 0.15) is 12.5 Å². The summed E-state index contributed by atoms with van der Waals surface area (Å²) in [5.74, 6) is 1.17. The number of methoxy groups -OCH3 is 1. The van der Waals surface area contributed by atoms with E-state index in [4.69, 9.17) is 14.2 Å². The van der Waals surface area contributed by atoms with Crippen molar-refractivity contribution in [2.45, 2.75) is 13.5 Å². The molecule has 186 valence electrons. The van der Waals surface area contributed by atoms with Crippen molar-refractivity contribution >= 4 is 50.9 Å². The Morgan fingerprint density at radius 1 is 0.973 bits per heavy atom. The normalized spacial score (nSPS) is 11.4. The Morgan fingerprint density at radius 3 is 2.54 bits per heavy atom. The molecule has 0 radical (unpaired) electrons. The van der Waals surface area contributed by atoms with Gasteiger partial charge in [0.05, 0.1) is 54.1 Å². The highest BCUT2D eigenvalue weighted by molar-refractivity contribution is 7.00. The molecule has 0 fully saturated rings. The van der Waals surface area contributed by atoms with Gasteiger partial charge in [0.2, 0.25) is 5.88 Å². The number of nitrogens with zero attached hydrogens (tertiary/aromatic N) is 4. The van der Waals surface area contributed by atoms with Crippen LogP contribution in [0.5, 0.6) is 11.6 Å². The van der Waals surface area contributed by atoms with Gasteiger partial charge in [0, 0.05) is 12.4 Å². The first-order valence-electron chi connectivity index (χ1n) is 11.9. The van der Waals surface area contributed by atoms with Crippen molar-refractivity contribution in [2.75, 3.05) is 13.7 Å². The molecule has 0 saturated carbocycles. The fourth-order valence-electron chi connectivity index (χ4n) is 4.88. The summed E-state index contributed by atoms with van der Waals surface area (Å²) in [6.45, 7) is 2.43. The van der Waals surface area contributed by atoms with Crippen LogP contribution in [0.4, 0.5) is 4.79 Å². The summed E-state index contributed by atoms with van der Waals surface area (Å²) in [7, 11) is 3.67. The molecule has 0 spiro atoms. The van der Waals surface area contributed by atoms with Crippen molar-refractivity contribution in [2.24, 2.45) is 7.05 Å². The number of carbonyl (C=O) groups excluding carboxylic acids is 1. The van der Waals surface area contributed by atoms with Crippen molar-refractivity contribution < 1.29 is 19.0 Å². The average Bonchev–Trinajstić information content (AvgIpc) is 3.58. The second-order valence-corrected chi connectivity index (χ2v) is 9.17. The van der Waals surface area contributed by atoms with Gasteiger partial charge in [-0.05, 0) is 48.4 Å². The van der Waals surface area contributed by atoms with E-state index in [9.17, 15) is 4.79 Å². The lowest BCUT2D eigenvalue weighted by Crippen LogP contribution is -2.14. The van der Waals surface area contributed by atoms with Gasteiger partial charge in [-0.25, -0.2) is 4.79 Å². The van der Waals surface area contributed by atoms with Crippen molar-refractivity contribution in [3.05, 3.63) is 72.3 Å². The molecular formula is C28H24N4O4S. The van der Waals surface area contributed by atoms with E-state index in [0.29, 0.717) is 12.4 Å². The third kappa shape index (κ3) is 3.88. The first kappa shape index (κ1) is 23.1. The van der Waals surface area contributed by atoms with Gasteiger partial charge in [0.1, 0.15) is 16.8 Å². The fraction of sp³-hybridized carbons (Fsp3) is 0.179. The predicted octanol–water partition coefficient (Wildman–Crippen LogP) is 6.40. The van der Waals surface area contributed by atoms with Crippen LogP contribution in [0.2, 0.25) is 0 Å². The standard InChI is InChI=1S/C28H24N4O4S/c1-4-35-28(33)36-27-24(18-10-12-19(34-3)13-11-18)26-25(20-7-5-6-8-23(20)31(26)2)32(27)16-17-9-14-21-22(15-17)30-37-29-21/h5-15H,4,16H2,1-3H3. The summed E-state index contributed by atoms with van der Waals surface area (Å²) in [6.07, 6.45) is -0.746. The zero-order valence-corrected chi connectivity index (χ0v) is 21.4. The number of aryl methyl sites for hydroxylation is 1. The minimum Gasteiger partial charge on any atom is -0.497 e. The van der Waals surface area contributed by atoms with E-state index in [1.165, 1.54) is 11.7 Å². The summed E-state index contributed by atoms with van der Waals surface area (Å²) in [4.78, 5) is 12.7. The molecule has 6 aromatic rings. The largest absolute Gasteiger partial charge is 0.515 e. The number of rotatable bonds is 6. The number of hydrogen-bond donors (Lipinski definition) is 0. The quantitative estimate of drug-likeness (QED) is 0.240. The molecular weight excluding hydrogens is 488 g/mol. The summed E-state index contributed by atoms with van der Waals surface area (Å²) < 4.78 is 29.4. The maximum absolute atomic E-state index is 12.7. The predicted molar refractivity (Wildman–Crippen MR) is 145 cm³/mol. The molecule has 0 saturated heterocycles. The molecule has 3 aromatic carbocycles. The average molecular weight is 513 g/mol. The summed E-state index contributed by atoms with van der Waals surface area (Å²) in [6, 6.07) is 22.0. The molecule has 0 aliphatic rings. The van der Waals surface area contributed by atoms with Gasteiger partial charge in [0.25, 0.3) is 0 Å². The maximum atomic E-state index is 12.7. The van der Waals surface area contributed by atoms with Gasteiger partial charge in [0.15, 0.2) is 0 Å². The Hall–Kier alpha value is -4.37. The molecule has 3 aromatic heterocycles. The SMILES string of the molecule is CCOC(=O)Oc1c(-c2ccc(OC)cc2)c2c(c3ccccc3n2C)n1Cc1ccc2nsnc2c1. The third-order valence-corrected chi connectivity index (χ3v) is 7.08. The van der Waals surface area contributed by atoms with E-state index < -0.39 is 6.16 Å². The number of para-hydroxylation sites is 1. The first-order chi connectivity index (χ1) is 18.1. The van der Waals surface area contributed by atoms with Crippen LogP contribution in [0.3, 0.4) is 0 Å². The van der Waals surface area contributed by atoms with Crippen LogP contribution in [0.25, 0.3) is 44.1 Å². The van der Waals surface area contributed by atoms with E-state index in [-0.39, 0.29) is 6.61 Å². The van der Waals surface area contributed by atoms with E-state index in [1.807, 2.05) is 61.6 Å². The Morgan fingerprint density at radius 2 is 1.76 bits per heavy atom. The van der Waals surface area contributed by atoms with Crippen LogP contribution in [-0.4, -0.2) is 37.8 Å². The molecule has 9 heteroatoms. The van der Waals surface area contributed by atoms with Gasteiger partial charge in [-0.1, -0.05) is 36.4 Å². The Bertz CT molecular complexity index is 1760. The van der Waals surface area contributed by atoms with Crippen LogP contribution in [-0.2, 0) is 18.3 Å². The van der Waals surface area contributed by atoms with Crippen molar-refractivity contribution in [3.63, 3.8) is 0 Å². The molecule has 37 heavy (non-hydrogen) atoms. The lowest BCUT2D eigenvalue weighted by Gasteiger charge is -2.13. The van der Waals surface area contributed by atoms with E-state index in [2.05, 4.69) is 30.0 Å². The number of carbonyl (C=O) groups is 1. The summed E-state index contributed by atoms with van der Waals surface area (Å²) in [5.41, 5.74) is 7.43. The molecule has 8 nitrogen and oxygen atoms in total. The van der Waals surface area contributed by atoms with E-state index in [1.54, 1.807) is 14.0 Å². The molecule has 0 amide bonds. The molecule has 0 aliphatic heterocycles. The van der Waals surface area contributed by atoms with Gasteiger partial charge < -0.3 is 23.3 Å². The fourth-order valence-corrected chi connectivity index (χ4v) is 5.40. The highest BCUT2D eigenvalue weighted by Gasteiger charge is 2.28. The number of fused-ring (bicyclic) bond motifs is 4. The monoisotopic (exact) mass is 512 g/mol. The van der Waals surface area contributed by atoms with Crippen LogP contribution < -0.4 is 9.47 Å². The number of benzene rings is 3. The minimum atomic E-state index is -0.746. The summed E-state index contributed by atoms with van der Waals surface area (Å²) in [5, 5.41) is 1.06. The van der Waals surface area contributed by atoms with Crippen molar-refractivity contribution in [1.82, 2.24) is 17.9 Å². The van der Waals surface area contributed by atoms with Gasteiger partial charge in [-0.2, -0.15) is 8.75 Å². The molecule has 6 rings (SSSR count). The highest BCUT2D eigenvalue weighted by atomic mass is 32.1. The molecule has 3 heterocycles. The molecule has 0 bridgehead atoms. The lowest BCUT2D eigenvalue weighted by molar-refractivity contribution is 0.101. The molecule has 0 unspecified atom stereocenters. The lowest BCUT2D eigenvalue weighted by atomic mass is 10.1. The maximum Gasteiger partial charge on any atom is 0.515 e. The minimum absolute atomic E-state index is 0.216. The smallest absolute Gasteiger partial charge is 0.497 e. The van der Waals surface area contributed by atoms with Crippen LogP contribution >= 0.6 is 11.7 Å². The zero-order valence-electron chi connectivity index (χ0n) is 20.6. The summed E-state index contributed by atoms with van der Waals surface area (Å²) >= 11 is 1.19. The first-order valence-corrected chi connectivity index (χ1v) is 12.6. The molecule has 0 aliphatic carbocycles. The number of aromatic nitrogens is 4. The van der Waals surface area contributed by atoms with Crippen LogP contribution in [0.15, 0.2) is 66.7 Å². The Balaban J connectivity index is 1.66. The van der Waals surface area contributed by atoms with Gasteiger partial charge in [-0.15, -0.1) is 0 Å².